The summed E-state index contributed by atoms with van der Waals surface area (Å²) in [5.41, 5.74) is 3.58. The molecule has 1 aromatic heterocycles. The summed E-state index contributed by atoms with van der Waals surface area (Å²) in [6.45, 7) is 5.85. The molecule has 0 fully saturated rings. The summed E-state index contributed by atoms with van der Waals surface area (Å²) < 4.78 is 31.1. The third kappa shape index (κ3) is 3.68. The van der Waals surface area contributed by atoms with Gasteiger partial charge in [-0.25, -0.2) is 8.42 Å². The van der Waals surface area contributed by atoms with Gasteiger partial charge in [0.15, 0.2) is 0 Å². The van der Waals surface area contributed by atoms with Crippen molar-refractivity contribution >= 4 is 26.9 Å². The molecule has 1 N–H and O–H groups in total. The van der Waals surface area contributed by atoms with Crippen LogP contribution in [0.1, 0.15) is 36.5 Å². The van der Waals surface area contributed by atoms with Crippen molar-refractivity contribution in [3.63, 3.8) is 0 Å². The zero-order chi connectivity index (χ0) is 16.3. The molecule has 0 aliphatic heterocycles. The number of carbonyl (C=O) groups excluding carboxylic acids is 1. The van der Waals surface area contributed by atoms with Crippen LogP contribution in [0.3, 0.4) is 0 Å². The molecule has 0 aliphatic carbocycles. The highest BCUT2D eigenvalue weighted by molar-refractivity contribution is 7.90. The molecule has 0 saturated carbocycles. The fourth-order valence-electron chi connectivity index (χ4n) is 2.29. The van der Waals surface area contributed by atoms with Gasteiger partial charge in [0.25, 0.3) is 0 Å². The molecule has 6 heteroatoms. The minimum Gasteiger partial charge on any atom is -0.464 e. The summed E-state index contributed by atoms with van der Waals surface area (Å²) in [6, 6.07) is 3.86. The first-order chi connectivity index (χ1) is 10.3. The van der Waals surface area contributed by atoms with Gasteiger partial charge in [0.1, 0.15) is 5.58 Å². The monoisotopic (exact) mass is 323 g/mol. The third-order valence-corrected chi connectivity index (χ3v) is 5.09. The minimum absolute atomic E-state index is 0.0130. The largest absolute Gasteiger partial charge is 0.464 e. The Morgan fingerprint density at radius 3 is 2.68 bits per heavy atom. The Kier molecular flexibility index (Phi) is 4.90. The van der Waals surface area contributed by atoms with Crippen molar-refractivity contribution in [1.82, 2.24) is 4.72 Å². The summed E-state index contributed by atoms with van der Waals surface area (Å²) in [5, 5.41) is 0.851. The minimum atomic E-state index is -3.54. The molecule has 0 aliphatic rings. The quantitative estimate of drug-likeness (QED) is 0.887. The molecule has 0 bridgehead atoms. The van der Waals surface area contributed by atoms with E-state index in [4.69, 9.17) is 4.42 Å². The fourth-order valence-corrected chi connectivity index (χ4v) is 3.48. The van der Waals surface area contributed by atoms with Gasteiger partial charge in [-0.05, 0) is 31.4 Å². The lowest BCUT2D eigenvalue weighted by Gasteiger charge is -2.06. The number of hydrogen-bond donors (Lipinski definition) is 1. The van der Waals surface area contributed by atoms with Crippen LogP contribution < -0.4 is 4.72 Å². The highest BCUT2D eigenvalue weighted by atomic mass is 32.2. The van der Waals surface area contributed by atoms with Crippen molar-refractivity contribution in [3.8, 4) is 0 Å². The number of amides is 1. The lowest BCUT2D eigenvalue weighted by Crippen LogP contribution is -2.33. The zero-order valence-corrected chi connectivity index (χ0v) is 13.9. The second-order valence-corrected chi connectivity index (χ2v) is 7.36. The van der Waals surface area contributed by atoms with Crippen LogP contribution in [0, 0.1) is 13.8 Å². The van der Waals surface area contributed by atoms with E-state index in [9.17, 15) is 13.2 Å². The Hall–Kier alpha value is -1.82. The maximum absolute atomic E-state index is 12.0. The average molecular weight is 323 g/mol. The van der Waals surface area contributed by atoms with E-state index < -0.39 is 15.9 Å². The van der Waals surface area contributed by atoms with Gasteiger partial charge >= 0.3 is 0 Å². The first kappa shape index (κ1) is 16.5. The van der Waals surface area contributed by atoms with Gasteiger partial charge in [0, 0.05) is 10.9 Å². The molecule has 1 heterocycles. The van der Waals surface area contributed by atoms with E-state index in [2.05, 4.69) is 4.72 Å². The number of furan rings is 1. The van der Waals surface area contributed by atoms with Crippen LogP contribution in [0.25, 0.3) is 11.0 Å². The second kappa shape index (κ2) is 6.52. The van der Waals surface area contributed by atoms with Crippen molar-refractivity contribution in [1.29, 1.82) is 0 Å². The molecule has 0 spiro atoms. The molecule has 2 rings (SSSR count). The molecule has 0 unspecified atom stereocenters. The highest BCUT2D eigenvalue weighted by Crippen LogP contribution is 2.26. The Morgan fingerprint density at radius 1 is 1.27 bits per heavy atom. The average Bonchev–Trinajstić information content (AvgIpc) is 2.83. The maximum Gasteiger partial charge on any atom is 0.237 e. The Morgan fingerprint density at radius 2 is 2.00 bits per heavy atom. The molecule has 22 heavy (non-hydrogen) atoms. The van der Waals surface area contributed by atoms with E-state index in [0.717, 1.165) is 28.5 Å². The van der Waals surface area contributed by atoms with Crippen molar-refractivity contribution < 1.29 is 17.6 Å². The number of hydrogen-bond acceptors (Lipinski definition) is 4. The molecule has 0 saturated heterocycles. The van der Waals surface area contributed by atoms with Crippen LogP contribution in [0.4, 0.5) is 0 Å². The lowest BCUT2D eigenvalue weighted by atomic mass is 10.0. The number of sulfonamides is 1. The van der Waals surface area contributed by atoms with E-state index in [0.29, 0.717) is 12.0 Å². The fraction of sp³-hybridized carbons (Fsp3) is 0.438. The van der Waals surface area contributed by atoms with E-state index in [-0.39, 0.29) is 12.2 Å². The summed E-state index contributed by atoms with van der Waals surface area (Å²) in [6.07, 6.45) is 2.81. The summed E-state index contributed by atoms with van der Waals surface area (Å²) >= 11 is 0. The molecule has 0 radical (unpaired) electrons. The van der Waals surface area contributed by atoms with E-state index in [1.807, 2.05) is 32.9 Å². The predicted molar refractivity (Wildman–Crippen MR) is 86.2 cm³/mol. The number of aryl methyl sites for hydroxylation is 2. The van der Waals surface area contributed by atoms with Crippen LogP contribution in [-0.2, 0) is 21.2 Å². The summed E-state index contributed by atoms with van der Waals surface area (Å²) in [5.74, 6) is -0.559. The van der Waals surface area contributed by atoms with Gasteiger partial charge in [0.05, 0.1) is 18.4 Å². The second-order valence-electron chi connectivity index (χ2n) is 5.52. The molecule has 0 atom stereocenters. The molecular formula is C16H21NO4S. The standard InChI is InChI=1S/C16H21NO4S/c1-4-5-8-22(19,20)17-15(18)9-13-10-21-16-12(3)11(2)6-7-14(13)16/h6-7,10H,4-5,8-9H2,1-3H3,(H,17,18). The van der Waals surface area contributed by atoms with E-state index in [1.54, 1.807) is 0 Å². The van der Waals surface area contributed by atoms with Gasteiger partial charge in [-0.3, -0.25) is 9.52 Å². The molecule has 5 nitrogen and oxygen atoms in total. The maximum atomic E-state index is 12.0. The Balaban J connectivity index is 2.14. The molecule has 1 amide bonds. The number of carbonyl (C=O) groups is 1. The van der Waals surface area contributed by atoms with Gasteiger partial charge in [-0.1, -0.05) is 25.5 Å². The SMILES string of the molecule is CCCCS(=O)(=O)NC(=O)Cc1coc2c(C)c(C)ccc12. The predicted octanol–water partition coefficient (Wildman–Crippen LogP) is 2.84. The smallest absolute Gasteiger partial charge is 0.237 e. The summed E-state index contributed by atoms with van der Waals surface area (Å²) in [7, 11) is -3.54. The normalized spacial score (nSPS) is 11.8. The van der Waals surface area contributed by atoms with Crippen LogP contribution >= 0.6 is 0 Å². The Labute approximate surface area is 130 Å². The van der Waals surface area contributed by atoms with Crippen LogP contribution in [0.5, 0.6) is 0 Å². The first-order valence-corrected chi connectivity index (χ1v) is 8.99. The summed E-state index contributed by atoms with van der Waals surface area (Å²) in [4.78, 5) is 12.0. The van der Waals surface area contributed by atoms with Gasteiger partial charge in [0.2, 0.25) is 15.9 Å². The van der Waals surface area contributed by atoms with Crippen LogP contribution in [0.15, 0.2) is 22.8 Å². The third-order valence-electron chi connectivity index (χ3n) is 3.73. The number of nitrogens with one attached hydrogen (secondary N) is 1. The Bertz CT molecular complexity index is 790. The number of fused-ring (bicyclic) bond motifs is 1. The lowest BCUT2D eigenvalue weighted by molar-refractivity contribution is -0.118. The van der Waals surface area contributed by atoms with Crippen molar-refractivity contribution in [2.75, 3.05) is 5.75 Å². The van der Waals surface area contributed by atoms with Crippen LogP contribution in [0.2, 0.25) is 0 Å². The van der Waals surface area contributed by atoms with Crippen molar-refractivity contribution in [2.45, 2.75) is 40.0 Å². The molecule has 120 valence electrons. The molecule has 2 aromatic rings. The van der Waals surface area contributed by atoms with E-state index >= 15 is 0 Å². The number of benzene rings is 1. The molecule has 1 aromatic carbocycles. The van der Waals surface area contributed by atoms with Crippen molar-refractivity contribution in [2.24, 2.45) is 0 Å². The number of unbranched alkanes of at least 4 members (excludes halogenated alkanes) is 1. The topological polar surface area (TPSA) is 76.4 Å². The van der Waals surface area contributed by atoms with Crippen molar-refractivity contribution in [3.05, 3.63) is 35.1 Å². The van der Waals surface area contributed by atoms with Gasteiger partial charge < -0.3 is 4.42 Å². The first-order valence-electron chi connectivity index (χ1n) is 7.33. The van der Waals surface area contributed by atoms with E-state index in [1.165, 1.54) is 6.26 Å². The van der Waals surface area contributed by atoms with Gasteiger partial charge in [-0.2, -0.15) is 0 Å². The number of rotatable bonds is 6. The highest BCUT2D eigenvalue weighted by Gasteiger charge is 2.17. The van der Waals surface area contributed by atoms with Gasteiger partial charge in [-0.15, -0.1) is 0 Å². The molecular weight excluding hydrogens is 302 g/mol. The van der Waals surface area contributed by atoms with Crippen LogP contribution in [-0.4, -0.2) is 20.1 Å². The zero-order valence-electron chi connectivity index (χ0n) is 13.1.